The molecule has 0 radical (unpaired) electrons. The van der Waals surface area contributed by atoms with Gasteiger partial charge < -0.3 is 9.88 Å². The number of rotatable bonds is 4. The molecular formula is C12H22N4S. The quantitative estimate of drug-likeness (QED) is 0.836. The molecule has 17 heavy (non-hydrogen) atoms. The van der Waals surface area contributed by atoms with E-state index in [2.05, 4.69) is 33.9 Å². The van der Waals surface area contributed by atoms with Crippen molar-refractivity contribution in [2.45, 2.75) is 62.5 Å². The summed E-state index contributed by atoms with van der Waals surface area (Å²) in [6.45, 7) is 5.53. The van der Waals surface area contributed by atoms with Gasteiger partial charge in [0.15, 0.2) is 5.16 Å². The Kier molecular flexibility index (Phi) is 4.45. The molecule has 2 unspecified atom stereocenters. The summed E-state index contributed by atoms with van der Waals surface area (Å²) < 4.78 is 2.32. The van der Waals surface area contributed by atoms with Gasteiger partial charge in [0.2, 0.25) is 0 Å². The molecule has 1 aromatic heterocycles. The summed E-state index contributed by atoms with van der Waals surface area (Å²) in [5.74, 6) is 1.18. The van der Waals surface area contributed by atoms with Crippen LogP contribution < -0.4 is 5.32 Å². The molecule has 0 fully saturated rings. The van der Waals surface area contributed by atoms with Gasteiger partial charge in [-0.05, 0) is 26.8 Å². The largest absolute Gasteiger partial charge is 0.316 e. The predicted molar refractivity (Wildman–Crippen MR) is 71.4 cm³/mol. The molecule has 0 spiro atoms. The second-order valence-corrected chi connectivity index (χ2v) is 6.11. The summed E-state index contributed by atoms with van der Waals surface area (Å²) in [6.07, 6.45) is 4.92. The molecule has 0 amide bonds. The van der Waals surface area contributed by atoms with Crippen molar-refractivity contribution < 1.29 is 0 Å². The number of hydrogen-bond acceptors (Lipinski definition) is 4. The maximum Gasteiger partial charge on any atom is 0.191 e. The number of nitrogens with zero attached hydrogens (tertiary/aromatic N) is 3. The Morgan fingerprint density at radius 1 is 1.24 bits per heavy atom. The second kappa shape index (κ2) is 5.87. The van der Waals surface area contributed by atoms with Gasteiger partial charge in [0, 0.05) is 24.3 Å². The zero-order valence-corrected chi connectivity index (χ0v) is 11.8. The van der Waals surface area contributed by atoms with Crippen LogP contribution in [0.15, 0.2) is 5.16 Å². The summed E-state index contributed by atoms with van der Waals surface area (Å²) >= 11 is 1.83. The zero-order chi connectivity index (χ0) is 12.3. The van der Waals surface area contributed by atoms with Gasteiger partial charge in [-0.25, -0.2) is 0 Å². The number of thioether (sulfide) groups is 1. The first-order chi connectivity index (χ1) is 8.22. The third-order valence-corrected chi connectivity index (χ3v) is 4.82. The average molecular weight is 254 g/mol. The Labute approximate surface area is 108 Å². The smallest absolute Gasteiger partial charge is 0.191 e. The van der Waals surface area contributed by atoms with Crippen molar-refractivity contribution in [2.75, 3.05) is 7.05 Å². The average Bonchev–Trinajstić information content (AvgIpc) is 2.58. The van der Waals surface area contributed by atoms with Crippen molar-refractivity contribution in [3.8, 4) is 0 Å². The summed E-state index contributed by atoms with van der Waals surface area (Å²) in [7, 11) is 2.01. The molecule has 2 atom stereocenters. The number of nitrogens with one attached hydrogen (secondary N) is 1. The first-order valence-corrected chi connectivity index (χ1v) is 7.36. The van der Waals surface area contributed by atoms with Gasteiger partial charge in [-0.3, -0.25) is 0 Å². The van der Waals surface area contributed by atoms with Crippen LogP contribution in [0.1, 0.15) is 38.9 Å². The summed E-state index contributed by atoms with van der Waals surface area (Å²) in [5.41, 5.74) is 0. The maximum absolute atomic E-state index is 4.34. The molecule has 1 aliphatic rings. The molecule has 0 aliphatic carbocycles. The van der Waals surface area contributed by atoms with Crippen LogP contribution in [0.5, 0.6) is 0 Å². The van der Waals surface area contributed by atoms with Crippen molar-refractivity contribution in [1.29, 1.82) is 0 Å². The van der Waals surface area contributed by atoms with E-state index >= 15 is 0 Å². The lowest BCUT2D eigenvalue weighted by Crippen LogP contribution is -2.30. The number of aromatic nitrogens is 3. The number of hydrogen-bond donors (Lipinski definition) is 1. The molecule has 5 heteroatoms. The van der Waals surface area contributed by atoms with Crippen molar-refractivity contribution in [3.63, 3.8) is 0 Å². The van der Waals surface area contributed by atoms with E-state index in [1.807, 2.05) is 18.8 Å². The van der Waals surface area contributed by atoms with E-state index in [4.69, 9.17) is 0 Å². The van der Waals surface area contributed by atoms with Crippen molar-refractivity contribution in [1.82, 2.24) is 20.1 Å². The highest BCUT2D eigenvalue weighted by Crippen LogP contribution is 2.26. The lowest BCUT2D eigenvalue weighted by atomic mass is 10.2. The summed E-state index contributed by atoms with van der Waals surface area (Å²) in [4.78, 5) is 0. The van der Waals surface area contributed by atoms with E-state index in [1.54, 1.807) is 0 Å². The fraction of sp³-hybridized carbons (Fsp3) is 0.833. The highest BCUT2D eigenvalue weighted by Gasteiger charge is 2.19. The van der Waals surface area contributed by atoms with Gasteiger partial charge in [-0.15, -0.1) is 10.2 Å². The third-order valence-electron chi connectivity index (χ3n) is 3.53. The molecule has 0 bridgehead atoms. The molecule has 1 aliphatic heterocycles. The van der Waals surface area contributed by atoms with Gasteiger partial charge in [-0.2, -0.15) is 0 Å². The van der Waals surface area contributed by atoms with Crippen LogP contribution >= 0.6 is 11.8 Å². The Bertz CT molecular complexity index is 363. The highest BCUT2D eigenvalue weighted by molar-refractivity contribution is 7.99. The van der Waals surface area contributed by atoms with Gasteiger partial charge >= 0.3 is 0 Å². The topological polar surface area (TPSA) is 42.7 Å². The minimum absolute atomic E-state index is 0.485. The lowest BCUT2D eigenvalue weighted by molar-refractivity contribution is 0.580. The monoisotopic (exact) mass is 254 g/mol. The van der Waals surface area contributed by atoms with Crippen molar-refractivity contribution in [3.05, 3.63) is 5.82 Å². The normalized spacial score (nSPS) is 19.5. The van der Waals surface area contributed by atoms with Crippen LogP contribution in [0.25, 0.3) is 0 Å². The molecule has 1 N–H and O–H groups in total. The van der Waals surface area contributed by atoms with E-state index in [-0.39, 0.29) is 0 Å². The number of fused-ring (bicyclic) bond motifs is 1. The minimum Gasteiger partial charge on any atom is -0.316 e. The molecule has 0 saturated heterocycles. The molecule has 2 rings (SSSR count). The van der Waals surface area contributed by atoms with Gasteiger partial charge in [-0.1, -0.05) is 25.1 Å². The molecule has 0 aromatic carbocycles. The lowest BCUT2D eigenvalue weighted by Gasteiger charge is -2.18. The molecule has 96 valence electrons. The van der Waals surface area contributed by atoms with Crippen LogP contribution in [0, 0.1) is 0 Å². The Morgan fingerprint density at radius 3 is 2.82 bits per heavy atom. The Balaban J connectivity index is 2.08. The van der Waals surface area contributed by atoms with E-state index in [9.17, 15) is 0 Å². The van der Waals surface area contributed by atoms with Crippen LogP contribution in [-0.2, 0) is 13.0 Å². The van der Waals surface area contributed by atoms with E-state index in [0.717, 1.165) is 18.1 Å². The van der Waals surface area contributed by atoms with E-state index in [1.165, 1.54) is 25.1 Å². The van der Waals surface area contributed by atoms with Crippen molar-refractivity contribution in [2.24, 2.45) is 0 Å². The van der Waals surface area contributed by atoms with Gasteiger partial charge in [0.05, 0.1) is 0 Å². The standard InChI is InChI=1S/C12H22N4S/c1-9(13-3)10(2)17-12-15-14-11-7-5-4-6-8-16(11)12/h9-10,13H,4-8H2,1-3H3. The minimum atomic E-state index is 0.485. The summed E-state index contributed by atoms with van der Waals surface area (Å²) in [5, 5.41) is 13.6. The van der Waals surface area contributed by atoms with Gasteiger partial charge in [0.1, 0.15) is 5.82 Å². The summed E-state index contributed by atoms with van der Waals surface area (Å²) in [6, 6.07) is 0.485. The van der Waals surface area contributed by atoms with Crippen LogP contribution in [0.4, 0.5) is 0 Å². The number of aryl methyl sites for hydroxylation is 1. The molecular weight excluding hydrogens is 232 g/mol. The van der Waals surface area contributed by atoms with Crippen molar-refractivity contribution >= 4 is 11.8 Å². The van der Waals surface area contributed by atoms with Crippen LogP contribution in [0.2, 0.25) is 0 Å². The first kappa shape index (κ1) is 12.9. The fourth-order valence-electron chi connectivity index (χ4n) is 2.05. The molecule has 2 heterocycles. The third kappa shape index (κ3) is 3.01. The Hall–Kier alpha value is -0.550. The predicted octanol–water partition coefficient (Wildman–Crippen LogP) is 2.09. The first-order valence-electron chi connectivity index (χ1n) is 6.48. The maximum atomic E-state index is 4.34. The Morgan fingerprint density at radius 2 is 2.06 bits per heavy atom. The molecule has 1 aromatic rings. The molecule has 4 nitrogen and oxygen atoms in total. The van der Waals surface area contributed by atoms with Crippen LogP contribution in [0.3, 0.4) is 0 Å². The van der Waals surface area contributed by atoms with Gasteiger partial charge in [0.25, 0.3) is 0 Å². The van der Waals surface area contributed by atoms with Crippen LogP contribution in [-0.4, -0.2) is 33.1 Å². The van der Waals surface area contributed by atoms with E-state index < -0.39 is 0 Å². The molecule has 0 saturated carbocycles. The van der Waals surface area contributed by atoms with E-state index in [0.29, 0.717) is 11.3 Å². The second-order valence-electron chi connectivity index (χ2n) is 4.76. The zero-order valence-electron chi connectivity index (χ0n) is 10.9. The SMILES string of the molecule is CNC(C)C(C)Sc1nnc2n1CCCCC2. The highest BCUT2D eigenvalue weighted by atomic mass is 32.2. The fourth-order valence-corrected chi connectivity index (χ4v) is 3.13.